The van der Waals surface area contributed by atoms with Gasteiger partial charge >= 0.3 is 0 Å². The zero-order chi connectivity index (χ0) is 14.6. The van der Waals surface area contributed by atoms with Crippen molar-refractivity contribution in [3.05, 3.63) is 24.0 Å². The molecule has 2 N–H and O–H groups in total. The number of nitrogens with zero attached hydrogens (tertiary/aromatic N) is 1. The molecule has 7 heteroatoms. The van der Waals surface area contributed by atoms with Crippen LogP contribution in [0, 0.1) is 5.82 Å². The molecule has 1 rings (SSSR count). The smallest absolute Gasteiger partial charge is 0.245 e. The van der Waals surface area contributed by atoms with Crippen molar-refractivity contribution in [2.75, 3.05) is 26.0 Å². The predicted octanol–water partition coefficient (Wildman–Crippen LogP) is 1.45. The minimum Gasteiger partial charge on any atom is -0.398 e. The van der Waals surface area contributed by atoms with E-state index >= 15 is 0 Å². The molecule has 19 heavy (non-hydrogen) atoms. The summed E-state index contributed by atoms with van der Waals surface area (Å²) >= 11 is 0. The fraction of sp³-hybridized carbons (Fsp3) is 0.500. The van der Waals surface area contributed by atoms with Crippen molar-refractivity contribution < 1.29 is 17.5 Å². The molecule has 1 aromatic rings. The van der Waals surface area contributed by atoms with Crippen LogP contribution < -0.4 is 5.73 Å². The number of nitrogens with two attached hydrogens (primary N) is 1. The monoisotopic (exact) mass is 290 g/mol. The van der Waals surface area contributed by atoms with Gasteiger partial charge in [-0.3, -0.25) is 0 Å². The van der Waals surface area contributed by atoms with Crippen LogP contribution in [0.15, 0.2) is 23.1 Å². The Morgan fingerprint density at radius 1 is 1.47 bits per heavy atom. The van der Waals surface area contributed by atoms with Gasteiger partial charge in [-0.05, 0) is 25.1 Å². The van der Waals surface area contributed by atoms with Gasteiger partial charge in [0.15, 0.2) is 0 Å². The van der Waals surface area contributed by atoms with E-state index in [1.54, 1.807) is 13.8 Å². The van der Waals surface area contributed by atoms with Gasteiger partial charge in [0.1, 0.15) is 10.7 Å². The molecule has 0 saturated carbocycles. The van der Waals surface area contributed by atoms with Gasteiger partial charge in [-0.1, -0.05) is 6.92 Å². The van der Waals surface area contributed by atoms with Gasteiger partial charge in [-0.25, -0.2) is 12.8 Å². The second-order valence-electron chi connectivity index (χ2n) is 4.19. The molecule has 0 aliphatic carbocycles. The van der Waals surface area contributed by atoms with E-state index in [0.717, 1.165) is 12.1 Å². The fourth-order valence-electron chi connectivity index (χ4n) is 1.92. The molecule has 5 nitrogen and oxygen atoms in total. The van der Waals surface area contributed by atoms with Crippen LogP contribution in [-0.4, -0.2) is 39.0 Å². The van der Waals surface area contributed by atoms with Gasteiger partial charge in [0.2, 0.25) is 10.0 Å². The molecular formula is C12H19FN2O3S. The quantitative estimate of drug-likeness (QED) is 0.805. The standard InChI is InChI=1S/C12H19FN2O3S/c1-4-15(9(2)8-18-3)19(16,17)12-6-5-10(13)7-11(12)14/h5-7,9H,4,8,14H2,1-3H3. The molecule has 0 spiro atoms. The van der Waals surface area contributed by atoms with E-state index in [4.69, 9.17) is 10.5 Å². The van der Waals surface area contributed by atoms with Crippen LogP contribution in [0.25, 0.3) is 0 Å². The van der Waals surface area contributed by atoms with E-state index in [2.05, 4.69) is 0 Å². The Morgan fingerprint density at radius 3 is 2.58 bits per heavy atom. The number of anilines is 1. The number of methoxy groups -OCH3 is 1. The first-order valence-corrected chi connectivity index (χ1v) is 7.34. The van der Waals surface area contributed by atoms with E-state index in [1.165, 1.54) is 17.5 Å². The van der Waals surface area contributed by atoms with Gasteiger partial charge in [0.25, 0.3) is 0 Å². The minimum absolute atomic E-state index is 0.0845. The number of sulfonamides is 1. The third-order valence-electron chi connectivity index (χ3n) is 2.77. The first-order valence-electron chi connectivity index (χ1n) is 5.90. The molecule has 0 heterocycles. The van der Waals surface area contributed by atoms with Crippen molar-refractivity contribution in [3.8, 4) is 0 Å². The number of hydrogen-bond donors (Lipinski definition) is 1. The van der Waals surface area contributed by atoms with Crippen molar-refractivity contribution in [1.29, 1.82) is 0 Å². The lowest BCUT2D eigenvalue weighted by atomic mass is 10.3. The van der Waals surface area contributed by atoms with Gasteiger partial charge in [0, 0.05) is 19.7 Å². The molecule has 108 valence electrons. The summed E-state index contributed by atoms with van der Waals surface area (Å²) in [6.45, 7) is 4.02. The van der Waals surface area contributed by atoms with Crippen LogP contribution in [0.1, 0.15) is 13.8 Å². The highest BCUT2D eigenvalue weighted by Crippen LogP contribution is 2.24. The number of hydrogen-bond acceptors (Lipinski definition) is 4. The molecule has 1 unspecified atom stereocenters. The molecular weight excluding hydrogens is 271 g/mol. The Morgan fingerprint density at radius 2 is 2.11 bits per heavy atom. The number of ether oxygens (including phenoxy) is 1. The zero-order valence-electron chi connectivity index (χ0n) is 11.3. The predicted molar refractivity (Wildman–Crippen MR) is 71.7 cm³/mol. The molecule has 0 aliphatic rings. The molecule has 0 aromatic heterocycles. The van der Waals surface area contributed by atoms with Crippen LogP contribution >= 0.6 is 0 Å². The van der Waals surface area contributed by atoms with E-state index in [1.807, 2.05) is 0 Å². The highest BCUT2D eigenvalue weighted by atomic mass is 32.2. The van der Waals surface area contributed by atoms with E-state index in [-0.39, 0.29) is 29.8 Å². The molecule has 0 radical (unpaired) electrons. The Balaban J connectivity index is 3.20. The average Bonchev–Trinajstić information content (AvgIpc) is 2.28. The highest BCUT2D eigenvalue weighted by molar-refractivity contribution is 7.89. The Bertz CT molecular complexity index is 534. The highest BCUT2D eigenvalue weighted by Gasteiger charge is 2.29. The van der Waals surface area contributed by atoms with Crippen LogP contribution in [0.2, 0.25) is 0 Å². The molecule has 0 saturated heterocycles. The first-order chi connectivity index (χ1) is 8.84. The van der Waals surface area contributed by atoms with Crippen molar-refractivity contribution in [1.82, 2.24) is 4.31 Å². The number of benzene rings is 1. The summed E-state index contributed by atoms with van der Waals surface area (Å²) in [4.78, 5) is -0.0845. The van der Waals surface area contributed by atoms with Crippen molar-refractivity contribution >= 4 is 15.7 Å². The molecule has 1 aromatic carbocycles. The Labute approximate surface area is 113 Å². The SMILES string of the molecule is CCN(C(C)COC)S(=O)(=O)c1ccc(F)cc1N. The maximum atomic E-state index is 13.0. The molecule has 0 aliphatic heterocycles. The van der Waals surface area contributed by atoms with E-state index in [0.29, 0.717) is 0 Å². The van der Waals surface area contributed by atoms with Crippen molar-refractivity contribution in [3.63, 3.8) is 0 Å². The van der Waals surface area contributed by atoms with Gasteiger partial charge < -0.3 is 10.5 Å². The molecule has 0 amide bonds. The number of nitrogen functional groups attached to an aromatic ring is 1. The number of rotatable bonds is 6. The summed E-state index contributed by atoms with van der Waals surface area (Å²) in [6.07, 6.45) is 0. The number of likely N-dealkylation sites (N-methyl/N-ethyl adjacent to an activating group) is 1. The Kier molecular flexibility index (Phi) is 5.28. The maximum Gasteiger partial charge on any atom is 0.245 e. The largest absolute Gasteiger partial charge is 0.398 e. The third kappa shape index (κ3) is 3.43. The lowest BCUT2D eigenvalue weighted by Crippen LogP contribution is -2.41. The van der Waals surface area contributed by atoms with E-state index < -0.39 is 15.8 Å². The summed E-state index contributed by atoms with van der Waals surface area (Å²) in [7, 11) is -2.26. The average molecular weight is 290 g/mol. The Hall–Kier alpha value is -1.18. The normalized spacial score (nSPS) is 13.7. The van der Waals surface area contributed by atoms with Crippen molar-refractivity contribution in [2.24, 2.45) is 0 Å². The summed E-state index contributed by atoms with van der Waals surface area (Å²) in [5.74, 6) is -0.565. The minimum atomic E-state index is -3.76. The maximum absolute atomic E-state index is 13.0. The molecule has 1 atom stereocenters. The topological polar surface area (TPSA) is 72.6 Å². The lowest BCUT2D eigenvalue weighted by molar-refractivity contribution is 0.142. The summed E-state index contributed by atoms with van der Waals surface area (Å²) in [6, 6.07) is 2.94. The fourth-order valence-corrected chi connectivity index (χ4v) is 3.65. The van der Waals surface area contributed by atoms with Crippen LogP contribution in [0.4, 0.5) is 10.1 Å². The second-order valence-corrected chi connectivity index (χ2v) is 6.05. The molecule has 0 fully saturated rings. The van der Waals surface area contributed by atoms with Crippen LogP contribution in [0.3, 0.4) is 0 Å². The van der Waals surface area contributed by atoms with Gasteiger partial charge in [-0.15, -0.1) is 0 Å². The first kappa shape index (κ1) is 15.9. The summed E-state index contributed by atoms with van der Waals surface area (Å²) in [5.41, 5.74) is 5.50. The molecule has 0 bridgehead atoms. The van der Waals surface area contributed by atoms with Crippen LogP contribution in [-0.2, 0) is 14.8 Å². The second kappa shape index (κ2) is 6.31. The summed E-state index contributed by atoms with van der Waals surface area (Å²) in [5, 5.41) is 0. The third-order valence-corrected chi connectivity index (χ3v) is 4.93. The van der Waals surface area contributed by atoms with Gasteiger partial charge in [0.05, 0.1) is 12.3 Å². The van der Waals surface area contributed by atoms with Crippen LogP contribution in [0.5, 0.6) is 0 Å². The zero-order valence-corrected chi connectivity index (χ0v) is 12.1. The van der Waals surface area contributed by atoms with Crippen molar-refractivity contribution in [2.45, 2.75) is 24.8 Å². The summed E-state index contributed by atoms with van der Waals surface area (Å²) < 4.78 is 44.2. The lowest BCUT2D eigenvalue weighted by Gasteiger charge is -2.27. The van der Waals surface area contributed by atoms with Gasteiger partial charge in [-0.2, -0.15) is 4.31 Å². The number of halogens is 1. The van der Waals surface area contributed by atoms with E-state index in [9.17, 15) is 12.8 Å².